The summed E-state index contributed by atoms with van der Waals surface area (Å²) in [7, 11) is 0. The zero-order valence-corrected chi connectivity index (χ0v) is 11.7. The van der Waals surface area contributed by atoms with E-state index in [1.54, 1.807) is 0 Å². The van der Waals surface area contributed by atoms with Crippen LogP contribution in [0.15, 0.2) is 18.2 Å². The molecule has 0 unspecified atom stereocenters. The first-order valence-electron chi connectivity index (χ1n) is 6.28. The van der Waals surface area contributed by atoms with Crippen LogP contribution in [0.1, 0.15) is 30.5 Å². The molecule has 18 heavy (non-hydrogen) atoms. The van der Waals surface area contributed by atoms with E-state index in [0.717, 1.165) is 11.1 Å². The maximum atomic E-state index is 11.8. The van der Waals surface area contributed by atoms with Gasteiger partial charge < -0.3 is 10.4 Å². The number of carbonyl (C=O) groups is 1. The zero-order valence-electron chi connectivity index (χ0n) is 11.7. The molecule has 0 aliphatic carbocycles. The fraction of sp³-hybridized carbons (Fsp3) is 0.533. The summed E-state index contributed by atoms with van der Waals surface area (Å²) in [5, 5.41) is 12.0. The molecular formula is C15H23NO2. The van der Waals surface area contributed by atoms with Gasteiger partial charge in [0.05, 0.1) is 6.42 Å². The summed E-state index contributed by atoms with van der Waals surface area (Å²) < 4.78 is 0. The minimum absolute atomic E-state index is 0.00484. The van der Waals surface area contributed by atoms with E-state index in [-0.39, 0.29) is 17.9 Å². The van der Waals surface area contributed by atoms with E-state index in [4.69, 9.17) is 5.11 Å². The van der Waals surface area contributed by atoms with Crippen LogP contribution in [0.2, 0.25) is 0 Å². The van der Waals surface area contributed by atoms with Crippen molar-refractivity contribution in [3.8, 4) is 0 Å². The molecule has 1 rings (SSSR count). The van der Waals surface area contributed by atoms with Crippen molar-refractivity contribution in [1.29, 1.82) is 0 Å². The van der Waals surface area contributed by atoms with Gasteiger partial charge >= 0.3 is 0 Å². The van der Waals surface area contributed by atoms with Gasteiger partial charge in [0, 0.05) is 18.6 Å². The normalized spacial score (nSPS) is 11.4. The van der Waals surface area contributed by atoms with E-state index in [0.29, 0.717) is 13.0 Å². The molecule has 0 aliphatic rings. The molecule has 100 valence electrons. The largest absolute Gasteiger partial charge is 0.396 e. The van der Waals surface area contributed by atoms with Gasteiger partial charge in [-0.3, -0.25) is 4.79 Å². The number of nitrogens with one attached hydrogen (secondary N) is 1. The van der Waals surface area contributed by atoms with Gasteiger partial charge in [0.2, 0.25) is 5.91 Å². The number of hydrogen-bond acceptors (Lipinski definition) is 2. The Labute approximate surface area is 109 Å². The van der Waals surface area contributed by atoms with Crippen molar-refractivity contribution in [1.82, 2.24) is 5.32 Å². The smallest absolute Gasteiger partial charge is 0.224 e. The minimum atomic E-state index is -0.267. The van der Waals surface area contributed by atoms with Crippen LogP contribution in [0.4, 0.5) is 0 Å². The molecule has 2 N–H and O–H groups in total. The topological polar surface area (TPSA) is 49.3 Å². The summed E-state index contributed by atoms with van der Waals surface area (Å²) in [6.45, 7) is 8.44. The molecular weight excluding hydrogens is 226 g/mol. The zero-order chi connectivity index (χ0) is 13.8. The number of aliphatic hydroxyl groups is 1. The third-order valence-electron chi connectivity index (χ3n) is 3.05. The molecule has 0 fully saturated rings. The predicted octanol–water partition coefficient (Wildman–Crippen LogP) is 1.98. The molecule has 0 bridgehead atoms. The number of rotatable bonds is 5. The Morgan fingerprint density at radius 3 is 2.61 bits per heavy atom. The highest BCUT2D eigenvalue weighted by Gasteiger charge is 2.17. The van der Waals surface area contributed by atoms with Crippen LogP contribution in [0, 0.1) is 19.3 Å². The second-order valence-electron chi connectivity index (χ2n) is 5.71. The second kappa shape index (κ2) is 6.01. The van der Waals surface area contributed by atoms with Crippen LogP contribution in [0.5, 0.6) is 0 Å². The molecule has 3 heteroatoms. The van der Waals surface area contributed by atoms with Crippen LogP contribution >= 0.6 is 0 Å². The SMILES string of the molecule is Cc1ccc(C)c(CC(=O)NCC(C)(C)CO)c1. The van der Waals surface area contributed by atoms with Crippen molar-refractivity contribution in [2.24, 2.45) is 5.41 Å². The second-order valence-corrected chi connectivity index (χ2v) is 5.71. The van der Waals surface area contributed by atoms with Crippen LogP contribution < -0.4 is 5.32 Å². The highest BCUT2D eigenvalue weighted by molar-refractivity contribution is 5.79. The highest BCUT2D eigenvalue weighted by Crippen LogP contribution is 2.13. The maximum absolute atomic E-state index is 11.8. The van der Waals surface area contributed by atoms with Gasteiger partial charge in [-0.05, 0) is 25.0 Å². The summed E-state index contributed by atoms with van der Waals surface area (Å²) in [5.74, 6) is 0.00484. The lowest BCUT2D eigenvalue weighted by atomic mass is 9.95. The van der Waals surface area contributed by atoms with Gasteiger partial charge in [-0.15, -0.1) is 0 Å². The van der Waals surface area contributed by atoms with Crippen molar-refractivity contribution < 1.29 is 9.90 Å². The summed E-state index contributed by atoms with van der Waals surface area (Å²) in [5.41, 5.74) is 3.10. The Morgan fingerprint density at radius 1 is 1.33 bits per heavy atom. The van der Waals surface area contributed by atoms with E-state index < -0.39 is 0 Å². The highest BCUT2D eigenvalue weighted by atomic mass is 16.3. The van der Waals surface area contributed by atoms with Crippen molar-refractivity contribution in [2.75, 3.05) is 13.2 Å². The average molecular weight is 249 g/mol. The molecule has 0 aromatic heterocycles. The maximum Gasteiger partial charge on any atom is 0.224 e. The third kappa shape index (κ3) is 4.49. The Bertz CT molecular complexity index is 425. The molecule has 0 aliphatic heterocycles. The summed E-state index contributed by atoms with van der Waals surface area (Å²) >= 11 is 0. The molecule has 0 spiro atoms. The molecule has 0 heterocycles. The standard InChI is InChI=1S/C15H23NO2/c1-11-5-6-12(2)13(7-11)8-14(18)16-9-15(3,4)10-17/h5-7,17H,8-10H2,1-4H3,(H,16,18). The molecule has 1 aromatic carbocycles. The van der Waals surface area contributed by atoms with Crippen LogP contribution in [0.25, 0.3) is 0 Å². The lowest BCUT2D eigenvalue weighted by Gasteiger charge is -2.22. The predicted molar refractivity (Wildman–Crippen MR) is 73.5 cm³/mol. The van der Waals surface area contributed by atoms with Gasteiger partial charge in [0.15, 0.2) is 0 Å². The lowest BCUT2D eigenvalue weighted by Crippen LogP contribution is -2.36. The lowest BCUT2D eigenvalue weighted by molar-refractivity contribution is -0.121. The number of carbonyl (C=O) groups excluding carboxylic acids is 1. The van der Waals surface area contributed by atoms with Crippen molar-refractivity contribution in [3.63, 3.8) is 0 Å². The number of hydrogen-bond donors (Lipinski definition) is 2. The molecule has 0 atom stereocenters. The first-order valence-corrected chi connectivity index (χ1v) is 6.28. The molecule has 0 saturated carbocycles. The molecule has 1 amide bonds. The number of benzene rings is 1. The summed E-state index contributed by atoms with van der Waals surface area (Å²) in [6, 6.07) is 6.13. The van der Waals surface area contributed by atoms with Crippen molar-refractivity contribution in [2.45, 2.75) is 34.1 Å². The first-order chi connectivity index (χ1) is 8.34. The third-order valence-corrected chi connectivity index (χ3v) is 3.05. The number of aliphatic hydroxyl groups excluding tert-OH is 1. The molecule has 0 radical (unpaired) electrons. The van der Waals surface area contributed by atoms with E-state index in [9.17, 15) is 4.79 Å². The van der Waals surface area contributed by atoms with Crippen LogP contribution in [-0.4, -0.2) is 24.2 Å². The Kier molecular flexibility index (Phi) is 4.91. The molecule has 1 aromatic rings. The fourth-order valence-corrected chi connectivity index (χ4v) is 1.62. The number of amides is 1. The Morgan fingerprint density at radius 2 is 2.00 bits per heavy atom. The van der Waals surface area contributed by atoms with Crippen molar-refractivity contribution >= 4 is 5.91 Å². The van der Waals surface area contributed by atoms with Gasteiger partial charge in [-0.1, -0.05) is 37.6 Å². The van der Waals surface area contributed by atoms with E-state index >= 15 is 0 Å². The summed E-state index contributed by atoms with van der Waals surface area (Å²) in [4.78, 5) is 11.8. The van der Waals surface area contributed by atoms with Gasteiger partial charge in [-0.25, -0.2) is 0 Å². The Hall–Kier alpha value is -1.35. The van der Waals surface area contributed by atoms with Gasteiger partial charge in [-0.2, -0.15) is 0 Å². The molecule has 0 saturated heterocycles. The van der Waals surface area contributed by atoms with Crippen molar-refractivity contribution in [3.05, 3.63) is 34.9 Å². The van der Waals surface area contributed by atoms with Gasteiger partial charge in [0.1, 0.15) is 0 Å². The first kappa shape index (κ1) is 14.7. The molecule has 3 nitrogen and oxygen atoms in total. The quantitative estimate of drug-likeness (QED) is 0.838. The van der Waals surface area contributed by atoms with E-state index in [1.165, 1.54) is 5.56 Å². The minimum Gasteiger partial charge on any atom is -0.396 e. The van der Waals surface area contributed by atoms with E-state index in [2.05, 4.69) is 5.32 Å². The fourth-order valence-electron chi connectivity index (χ4n) is 1.62. The van der Waals surface area contributed by atoms with Crippen LogP contribution in [0.3, 0.4) is 0 Å². The monoisotopic (exact) mass is 249 g/mol. The van der Waals surface area contributed by atoms with E-state index in [1.807, 2.05) is 45.9 Å². The average Bonchev–Trinajstić information content (AvgIpc) is 2.31. The Balaban J connectivity index is 2.57. The van der Waals surface area contributed by atoms with Gasteiger partial charge in [0.25, 0.3) is 0 Å². The summed E-state index contributed by atoms with van der Waals surface area (Å²) in [6.07, 6.45) is 0.398. The number of aryl methyl sites for hydroxylation is 2. The van der Waals surface area contributed by atoms with Crippen LogP contribution in [-0.2, 0) is 11.2 Å².